The van der Waals surface area contributed by atoms with Gasteiger partial charge in [-0.05, 0) is 53.7 Å². The second-order valence-corrected chi connectivity index (χ2v) is 9.09. The first kappa shape index (κ1) is 24.8. The molecule has 2 saturated heterocycles. The summed E-state index contributed by atoms with van der Waals surface area (Å²) in [6.45, 7) is 2.55. The van der Waals surface area contributed by atoms with Crippen molar-refractivity contribution in [1.29, 1.82) is 0 Å². The quantitative estimate of drug-likeness (QED) is 0.459. The number of amides is 3. The first-order valence-corrected chi connectivity index (χ1v) is 11.9. The number of benzene rings is 2. The molecule has 2 aliphatic rings. The molecule has 0 unspecified atom stereocenters. The Kier molecular flexibility index (Phi) is 7.74. The molecule has 0 spiro atoms. The minimum atomic E-state index is -0.653. The van der Waals surface area contributed by atoms with Gasteiger partial charge in [0.2, 0.25) is 5.91 Å². The predicted octanol–water partition coefficient (Wildman–Crippen LogP) is 3.64. The summed E-state index contributed by atoms with van der Waals surface area (Å²) >= 11 is 6.77. The van der Waals surface area contributed by atoms with Gasteiger partial charge in [0, 0.05) is 24.5 Å². The summed E-state index contributed by atoms with van der Waals surface area (Å²) in [5.41, 5.74) is 2.20. The van der Waals surface area contributed by atoms with Gasteiger partial charge in [-0.1, -0.05) is 23.7 Å². The number of nitrogens with one attached hydrogen (secondary N) is 1. The van der Waals surface area contributed by atoms with Crippen LogP contribution in [0.5, 0.6) is 0 Å². The van der Waals surface area contributed by atoms with Crippen molar-refractivity contribution in [2.75, 3.05) is 50.2 Å². The molecule has 2 aromatic rings. The number of imide groups is 1. The fourth-order valence-corrected chi connectivity index (χ4v) is 4.64. The molecule has 0 atom stereocenters. The Hall–Kier alpha value is -3.34. The van der Waals surface area contributed by atoms with E-state index >= 15 is 0 Å². The highest BCUT2D eigenvalue weighted by Gasteiger charge is 2.36. The van der Waals surface area contributed by atoms with Crippen LogP contribution in [0.15, 0.2) is 47.4 Å². The molecule has 11 heteroatoms. The Morgan fingerprint density at radius 2 is 1.86 bits per heavy atom. The van der Waals surface area contributed by atoms with Gasteiger partial charge in [-0.2, -0.15) is 0 Å². The van der Waals surface area contributed by atoms with E-state index in [1.165, 1.54) is 25.3 Å². The molecule has 2 aliphatic heterocycles. The fraction of sp³-hybridized carbons (Fsp3) is 0.250. The topological polar surface area (TPSA) is 105 Å². The van der Waals surface area contributed by atoms with Gasteiger partial charge in [-0.15, -0.1) is 0 Å². The van der Waals surface area contributed by atoms with Crippen LogP contribution in [0.2, 0.25) is 5.02 Å². The Labute approximate surface area is 211 Å². The van der Waals surface area contributed by atoms with E-state index in [2.05, 4.69) is 15.0 Å². The molecule has 0 bridgehead atoms. The first-order valence-electron chi connectivity index (χ1n) is 10.7. The van der Waals surface area contributed by atoms with E-state index in [0.29, 0.717) is 13.2 Å². The van der Waals surface area contributed by atoms with E-state index in [-0.39, 0.29) is 21.2 Å². The number of rotatable bonds is 6. The van der Waals surface area contributed by atoms with Gasteiger partial charge >= 0.3 is 5.97 Å². The van der Waals surface area contributed by atoms with Gasteiger partial charge < -0.3 is 19.7 Å². The Bertz CT molecular complexity index is 1190. The zero-order valence-electron chi connectivity index (χ0n) is 18.8. The number of methoxy groups -OCH3 is 1. The molecule has 182 valence electrons. The molecular weight excluding hydrogens is 494 g/mol. The van der Waals surface area contributed by atoms with Gasteiger partial charge in [0.05, 0.1) is 35.8 Å². The van der Waals surface area contributed by atoms with Crippen LogP contribution in [0.25, 0.3) is 6.08 Å². The highest BCUT2D eigenvalue weighted by atomic mass is 35.5. The molecule has 4 rings (SSSR count). The van der Waals surface area contributed by atoms with E-state index in [9.17, 15) is 19.2 Å². The maximum absolute atomic E-state index is 12.8. The molecule has 3 amide bonds. The van der Waals surface area contributed by atoms with Crippen molar-refractivity contribution in [3.05, 3.63) is 63.5 Å². The van der Waals surface area contributed by atoms with Crippen molar-refractivity contribution >= 4 is 63.8 Å². The minimum Gasteiger partial charge on any atom is -0.465 e. The Morgan fingerprint density at radius 3 is 2.54 bits per heavy atom. The number of morpholine rings is 1. The summed E-state index contributed by atoms with van der Waals surface area (Å²) in [6, 6.07) is 12.0. The summed E-state index contributed by atoms with van der Waals surface area (Å²) in [4.78, 5) is 52.8. The zero-order valence-corrected chi connectivity index (χ0v) is 20.4. The third-order valence-electron chi connectivity index (χ3n) is 5.40. The summed E-state index contributed by atoms with van der Waals surface area (Å²) in [7, 11) is 1.22. The number of esters is 1. The lowest BCUT2D eigenvalue weighted by atomic mass is 10.1. The van der Waals surface area contributed by atoms with Crippen LogP contribution in [0.3, 0.4) is 0 Å². The number of carbonyl (C=O) groups is 4. The van der Waals surface area contributed by atoms with Crippen molar-refractivity contribution < 1.29 is 28.7 Å². The van der Waals surface area contributed by atoms with E-state index < -0.39 is 29.6 Å². The molecule has 0 aromatic heterocycles. The number of nitrogens with zero attached hydrogens (tertiary/aromatic N) is 2. The van der Waals surface area contributed by atoms with Crippen molar-refractivity contribution in [2.24, 2.45) is 0 Å². The van der Waals surface area contributed by atoms with Gasteiger partial charge in [0.15, 0.2) is 0 Å². The molecule has 0 radical (unpaired) electrons. The lowest BCUT2D eigenvalue weighted by molar-refractivity contribution is -0.127. The summed E-state index contributed by atoms with van der Waals surface area (Å²) in [6.07, 6.45) is 1.63. The standard InChI is InChI=1S/C24H22ClN3O6S/c1-33-23(31)18-13-16(4-7-19(18)25)26-21(29)14-28-22(30)20(35-24(28)32)12-15-2-5-17(6-3-15)27-8-10-34-11-9-27/h2-7,12-13H,8-11,14H2,1H3,(H,26,29). The molecule has 35 heavy (non-hydrogen) atoms. The monoisotopic (exact) mass is 515 g/mol. The molecule has 2 heterocycles. The average molecular weight is 516 g/mol. The summed E-state index contributed by atoms with van der Waals surface area (Å²) < 4.78 is 10.0. The molecule has 2 aromatic carbocycles. The molecule has 9 nitrogen and oxygen atoms in total. The maximum Gasteiger partial charge on any atom is 0.339 e. The number of hydrogen-bond acceptors (Lipinski definition) is 8. The van der Waals surface area contributed by atoms with Crippen LogP contribution in [-0.4, -0.2) is 67.9 Å². The van der Waals surface area contributed by atoms with Crippen molar-refractivity contribution in [3.8, 4) is 0 Å². The smallest absolute Gasteiger partial charge is 0.339 e. The first-order chi connectivity index (χ1) is 16.9. The maximum atomic E-state index is 12.8. The van der Waals surface area contributed by atoms with E-state index in [1.807, 2.05) is 24.3 Å². The number of anilines is 2. The highest BCUT2D eigenvalue weighted by molar-refractivity contribution is 8.18. The Morgan fingerprint density at radius 1 is 1.14 bits per heavy atom. The average Bonchev–Trinajstić information content (AvgIpc) is 3.13. The number of thioether (sulfide) groups is 1. The van der Waals surface area contributed by atoms with Crippen LogP contribution in [0, 0.1) is 0 Å². The molecule has 2 fully saturated rings. The second kappa shape index (κ2) is 10.9. The van der Waals surface area contributed by atoms with Crippen LogP contribution in [0.4, 0.5) is 16.2 Å². The number of carbonyl (C=O) groups excluding carboxylic acids is 4. The zero-order chi connectivity index (χ0) is 24.9. The Balaban J connectivity index is 1.40. The van der Waals surface area contributed by atoms with Gasteiger partial charge in [0.25, 0.3) is 11.1 Å². The molecule has 0 aliphatic carbocycles. The molecule has 1 N–H and O–H groups in total. The van der Waals surface area contributed by atoms with Crippen LogP contribution in [-0.2, 0) is 19.1 Å². The molecule has 0 saturated carbocycles. The summed E-state index contributed by atoms with van der Waals surface area (Å²) in [5, 5.41) is 2.20. The van der Waals surface area contributed by atoms with Gasteiger partial charge in [0.1, 0.15) is 6.54 Å². The second-order valence-electron chi connectivity index (χ2n) is 7.69. The van der Waals surface area contributed by atoms with Crippen LogP contribution >= 0.6 is 23.4 Å². The highest BCUT2D eigenvalue weighted by Crippen LogP contribution is 2.32. The normalized spacial score (nSPS) is 17.1. The third kappa shape index (κ3) is 5.84. The van der Waals surface area contributed by atoms with E-state index in [1.54, 1.807) is 6.08 Å². The van der Waals surface area contributed by atoms with Gasteiger partial charge in [-0.3, -0.25) is 19.3 Å². The molecular formula is C24H22ClN3O6S. The number of halogens is 1. The van der Waals surface area contributed by atoms with Gasteiger partial charge in [-0.25, -0.2) is 4.79 Å². The SMILES string of the molecule is COC(=O)c1cc(NC(=O)CN2C(=O)SC(=Cc3ccc(N4CCOCC4)cc3)C2=O)ccc1Cl. The fourth-order valence-electron chi connectivity index (χ4n) is 3.60. The van der Waals surface area contributed by atoms with Crippen molar-refractivity contribution in [2.45, 2.75) is 0 Å². The van der Waals surface area contributed by atoms with Crippen molar-refractivity contribution in [1.82, 2.24) is 4.90 Å². The predicted molar refractivity (Wildman–Crippen MR) is 134 cm³/mol. The van der Waals surface area contributed by atoms with Crippen LogP contribution in [0.1, 0.15) is 15.9 Å². The number of hydrogen-bond donors (Lipinski definition) is 1. The van der Waals surface area contributed by atoms with E-state index in [0.717, 1.165) is 41.0 Å². The number of ether oxygens (including phenoxy) is 2. The minimum absolute atomic E-state index is 0.0840. The lowest BCUT2D eigenvalue weighted by Crippen LogP contribution is -2.36. The van der Waals surface area contributed by atoms with E-state index in [4.69, 9.17) is 16.3 Å². The third-order valence-corrected chi connectivity index (χ3v) is 6.63. The van der Waals surface area contributed by atoms with Crippen LogP contribution < -0.4 is 10.2 Å². The largest absolute Gasteiger partial charge is 0.465 e. The lowest BCUT2D eigenvalue weighted by Gasteiger charge is -2.28. The summed E-state index contributed by atoms with van der Waals surface area (Å²) in [5.74, 6) is -1.79. The van der Waals surface area contributed by atoms with Crippen molar-refractivity contribution in [3.63, 3.8) is 0 Å².